The van der Waals surface area contributed by atoms with Crippen LogP contribution in [0.15, 0.2) is 49.1 Å². The summed E-state index contributed by atoms with van der Waals surface area (Å²) in [6, 6.07) is 11.0. The lowest BCUT2D eigenvalue weighted by Crippen LogP contribution is -2.46. The molecule has 0 bridgehead atoms. The summed E-state index contributed by atoms with van der Waals surface area (Å²) in [7, 11) is 2.03. The van der Waals surface area contributed by atoms with Gasteiger partial charge in [0.15, 0.2) is 5.65 Å². The van der Waals surface area contributed by atoms with E-state index in [1.165, 1.54) is 22.3 Å². The molecule has 4 heterocycles. The van der Waals surface area contributed by atoms with E-state index < -0.39 is 0 Å². The molecule has 0 N–H and O–H groups in total. The first-order chi connectivity index (χ1) is 16.8. The predicted octanol–water partition coefficient (Wildman–Crippen LogP) is 4.28. The van der Waals surface area contributed by atoms with E-state index in [-0.39, 0.29) is 5.41 Å². The molecule has 0 amide bonds. The van der Waals surface area contributed by atoms with Gasteiger partial charge >= 0.3 is 0 Å². The van der Waals surface area contributed by atoms with Crippen molar-refractivity contribution >= 4 is 17.1 Å². The highest BCUT2D eigenvalue weighted by molar-refractivity contribution is 5.75. The highest BCUT2D eigenvalue weighted by atomic mass is 15.3. The van der Waals surface area contributed by atoms with E-state index in [0.29, 0.717) is 0 Å². The fraction of sp³-hybridized carbons (Fsp3) is 0.429. The molecule has 4 aromatic rings. The number of hydrogen-bond acceptors (Lipinski definition) is 6. The van der Waals surface area contributed by atoms with Gasteiger partial charge in [0.05, 0.1) is 12.0 Å². The summed E-state index contributed by atoms with van der Waals surface area (Å²) in [6.45, 7) is 13.7. The molecule has 7 heteroatoms. The van der Waals surface area contributed by atoms with Crippen LogP contribution < -0.4 is 4.90 Å². The van der Waals surface area contributed by atoms with Gasteiger partial charge in [-0.25, -0.2) is 9.97 Å². The second kappa shape index (κ2) is 9.38. The summed E-state index contributed by atoms with van der Waals surface area (Å²) in [5.74, 6) is 0.791. The Labute approximate surface area is 207 Å². The number of nitrogens with zero attached hydrogens (tertiary/aromatic N) is 7. The van der Waals surface area contributed by atoms with E-state index in [9.17, 15) is 0 Å². The van der Waals surface area contributed by atoms with Crippen molar-refractivity contribution in [2.45, 2.75) is 46.1 Å². The van der Waals surface area contributed by atoms with E-state index in [2.05, 4.69) is 77.8 Å². The fourth-order valence-electron chi connectivity index (χ4n) is 4.75. The smallest absolute Gasteiger partial charge is 0.227 e. The van der Waals surface area contributed by atoms with Crippen molar-refractivity contribution < 1.29 is 0 Å². The SMILES string of the molecule is Cc1ccc(C(C)(C)C)cc1Cc1nc(N2CCN(Cc3ccncc3)CC2)nc2ncn(C)c12. The number of piperazine rings is 1. The van der Waals surface area contributed by atoms with Crippen LogP contribution in [0, 0.1) is 6.92 Å². The van der Waals surface area contributed by atoms with Gasteiger partial charge in [0, 0.05) is 58.6 Å². The molecule has 0 radical (unpaired) electrons. The van der Waals surface area contributed by atoms with Crippen molar-refractivity contribution in [3.8, 4) is 0 Å². The predicted molar refractivity (Wildman–Crippen MR) is 141 cm³/mol. The number of rotatable bonds is 5. The summed E-state index contributed by atoms with van der Waals surface area (Å²) >= 11 is 0. The van der Waals surface area contributed by atoms with Crippen molar-refractivity contribution in [3.63, 3.8) is 0 Å². The van der Waals surface area contributed by atoms with Crippen LogP contribution in [-0.4, -0.2) is 55.6 Å². The molecule has 1 aliphatic rings. The lowest BCUT2D eigenvalue weighted by Gasteiger charge is -2.34. The normalized spacial score (nSPS) is 15.2. The largest absolute Gasteiger partial charge is 0.338 e. The molecule has 0 atom stereocenters. The number of benzene rings is 1. The zero-order valence-corrected chi connectivity index (χ0v) is 21.5. The minimum atomic E-state index is 0.108. The molecular formula is C28H35N7. The summed E-state index contributed by atoms with van der Waals surface area (Å²) in [5, 5.41) is 0. The van der Waals surface area contributed by atoms with Gasteiger partial charge in [-0.2, -0.15) is 4.98 Å². The van der Waals surface area contributed by atoms with E-state index in [0.717, 1.165) is 62.0 Å². The highest BCUT2D eigenvalue weighted by Gasteiger charge is 2.22. The van der Waals surface area contributed by atoms with Crippen LogP contribution in [0.5, 0.6) is 0 Å². The first kappa shape index (κ1) is 23.4. The Hall–Kier alpha value is -3.32. The van der Waals surface area contributed by atoms with Crippen LogP contribution >= 0.6 is 0 Å². The number of imidazole rings is 1. The molecule has 0 aliphatic carbocycles. The van der Waals surface area contributed by atoms with Gasteiger partial charge in [-0.1, -0.05) is 39.0 Å². The molecule has 3 aromatic heterocycles. The molecule has 0 unspecified atom stereocenters. The van der Waals surface area contributed by atoms with Crippen LogP contribution in [0.1, 0.15) is 48.7 Å². The highest BCUT2D eigenvalue weighted by Crippen LogP contribution is 2.28. The zero-order chi connectivity index (χ0) is 24.6. The van der Waals surface area contributed by atoms with Crippen molar-refractivity contribution in [1.82, 2.24) is 29.4 Å². The lowest BCUT2D eigenvalue weighted by molar-refractivity contribution is 0.248. The molecule has 7 nitrogen and oxygen atoms in total. The monoisotopic (exact) mass is 469 g/mol. The Bertz CT molecular complexity index is 1310. The van der Waals surface area contributed by atoms with Crippen molar-refractivity contribution in [1.29, 1.82) is 0 Å². The zero-order valence-electron chi connectivity index (χ0n) is 21.5. The van der Waals surface area contributed by atoms with Crippen molar-refractivity contribution in [3.05, 3.63) is 77.0 Å². The van der Waals surface area contributed by atoms with Gasteiger partial charge in [0.1, 0.15) is 5.52 Å². The Morgan fingerprint density at radius 2 is 1.69 bits per heavy atom. The summed E-state index contributed by atoms with van der Waals surface area (Å²) in [6.07, 6.45) is 6.34. The topological polar surface area (TPSA) is 63.0 Å². The standard InChI is InChI=1S/C28H35N7/c1-20-6-7-23(28(2,3)4)16-22(20)17-24-25-26(30-19-33(25)5)32-27(31-24)35-14-12-34(13-15-35)18-21-8-10-29-11-9-21/h6-11,16,19H,12-15,17-18H2,1-5H3. The molecule has 1 saturated heterocycles. The molecule has 1 aliphatic heterocycles. The molecular weight excluding hydrogens is 434 g/mol. The first-order valence-electron chi connectivity index (χ1n) is 12.4. The number of aromatic nitrogens is 5. The maximum Gasteiger partial charge on any atom is 0.227 e. The van der Waals surface area contributed by atoms with Gasteiger partial charge < -0.3 is 9.47 Å². The second-order valence-corrected chi connectivity index (χ2v) is 10.7. The summed E-state index contributed by atoms with van der Waals surface area (Å²) < 4.78 is 2.05. The quantitative estimate of drug-likeness (QED) is 0.435. The molecule has 0 saturated carbocycles. The minimum Gasteiger partial charge on any atom is -0.338 e. The number of aryl methyl sites for hydroxylation is 2. The van der Waals surface area contributed by atoms with Gasteiger partial charge in [-0.15, -0.1) is 0 Å². The Balaban J connectivity index is 1.40. The van der Waals surface area contributed by atoms with Gasteiger partial charge in [-0.05, 0) is 46.7 Å². The van der Waals surface area contributed by atoms with E-state index in [1.807, 2.05) is 30.3 Å². The van der Waals surface area contributed by atoms with Gasteiger partial charge in [0.25, 0.3) is 0 Å². The molecule has 1 fully saturated rings. The minimum absolute atomic E-state index is 0.108. The summed E-state index contributed by atoms with van der Waals surface area (Å²) in [5.41, 5.74) is 8.19. The van der Waals surface area contributed by atoms with Gasteiger partial charge in [-0.3, -0.25) is 9.88 Å². The summed E-state index contributed by atoms with van der Waals surface area (Å²) in [4.78, 5) is 23.5. The molecule has 35 heavy (non-hydrogen) atoms. The lowest BCUT2D eigenvalue weighted by atomic mass is 9.84. The molecule has 0 spiro atoms. The van der Waals surface area contributed by atoms with Crippen LogP contribution in [-0.2, 0) is 25.4 Å². The first-order valence-corrected chi connectivity index (χ1v) is 12.4. The van der Waals surface area contributed by atoms with Crippen molar-refractivity contribution in [2.75, 3.05) is 31.1 Å². The van der Waals surface area contributed by atoms with Crippen LogP contribution in [0.4, 0.5) is 5.95 Å². The number of anilines is 1. The van der Waals surface area contributed by atoms with Crippen LogP contribution in [0.3, 0.4) is 0 Å². The number of fused-ring (bicyclic) bond motifs is 1. The maximum absolute atomic E-state index is 5.12. The van der Waals surface area contributed by atoms with E-state index in [4.69, 9.17) is 9.97 Å². The Kier molecular flexibility index (Phi) is 6.28. The number of pyridine rings is 1. The molecule has 1 aromatic carbocycles. The average Bonchev–Trinajstić information content (AvgIpc) is 3.22. The Morgan fingerprint density at radius 1 is 0.943 bits per heavy atom. The van der Waals surface area contributed by atoms with E-state index in [1.54, 1.807) is 0 Å². The number of hydrogen-bond donors (Lipinski definition) is 0. The fourth-order valence-corrected chi connectivity index (χ4v) is 4.75. The molecule has 5 rings (SSSR count). The van der Waals surface area contributed by atoms with Gasteiger partial charge in [0.2, 0.25) is 5.95 Å². The van der Waals surface area contributed by atoms with Crippen LogP contribution in [0.25, 0.3) is 11.2 Å². The maximum atomic E-state index is 5.12. The third kappa shape index (κ3) is 5.05. The third-order valence-corrected chi connectivity index (χ3v) is 7.02. The van der Waals surface area contributed by atoms with E-state index >= 15 is 0 Å². The van der Waals surface area contributed by atoms with Crippen molar-refractivity contribution in [2.24, 2.45) is 7.05 Å². The van der Waals surface area contributed by atoms with Crippen LogP contribution in [0.2, 0.25) is 0 Å². The third-order valence-electron chi connectivity index (χ3n) is 7.02. The Morgan fingerprint density at radius 3 is 2.40 bits per heavy atom. The molecule has 182 valence electrons. The average molecular weight is 470 g/mol. The second-order valence-electron chi connectivity index (χ2n) is 10.7.